The Labute approximate surface area is 133 Å². The zero-order valence-electron chi connectivity index (χ0n) is 12.0. The molecular weight excluding hydrogens is 298 g/mol. The highest BCUT2D eigenvalue weighted by Gasteiger charge is 2.17. The molecule has 2 nitrogen and oxygen atoms in total. The van der Waals surface area contributed by atoms with Gasteiger partial charge in [-0.2, -0.15) is 0 Å². The number of ether oxygens (including phenoxy) is 1. The number of hydrogen-bond acceptors (Lipinski definition) is 4. The van der Waals surface area contributed by atoms with Gasteiger partial charge in [0.1, 0.15) is 5.75 Å². The van der Waals surface area contributed by atoms with Crippen LogP contribution in [0.5, 0.6) is 5.75 Å². The van der Waals surface area contributed by atoms with E-state index in [1.165, 1.54) is 15.3 Å². The van der Waals surface area contributed by atoms with E-state index in [0.29, 0.717) is 0 Å². The molecule has 4 heteroatoms. The van der Waals surface area contributed by atoms with Crippen molar-refractivity contribution in [3.05, 3.63) is 68.5 Å². The van der Waals surface area contributed by atoms with Gasteiger partial charge in [0.25, 0.3) is 0 Å². The molecule has 0 fully saturated rings. The molecule has 0 radical (unpaired) electrons. The summed E-state index contributed by atoms with van der Waals surface area (Å²) in [6.07, 6.45) is 0. The van der Waals surface area contributed by atoms with Crippen molar-refractivity contribution in [1.82, 2.24) is 0 Å². The van der Waals surface area contributed by atoms with Crippen LogP contribution in [0.3, 0.4) is 0 Å². The molecule has 0 aliphatic rings. The molecule has 0 aliphatic carbocycles. The number of hydrogen-bond donors (Lipinski definition) is 1. The van der Waals surface area contributed by atoms with Crippen LogP contribution in [0.15, 0.2) is 53.2 Å². The summed E-state index contributed by atoms with van der Waals surface area (Å²) in [6, 6.07) is 14.9. The summed E-state index contributed by atoms with van der Waals surface area (Å²) in [5.41, 5.74) is 2.22. The minimum atomic E-state index is 0.168. The fraction of sp³-hybridized carbons (Fsp3) is 0.176. The van der Waals surface area contributed by atoms with Gasteiger partial charge >= 0.3 is 0 Å². The van der Waals surface area contributed by atoms with Crippen molar-refractivity contribution in [3.8, 4) is 5.75 Å². The third kappa shape index (κ3) is 3.12. The topological polar surface area (TPSA) is 21.3 Å². The van der Waals surface area contributed by atoms with Crippen LogP contribution in [0.4, 0.5) is 5.69 Å². The van der Waals surface area contributed by atoms with Gasteiger partial charge in [0.15, 0.2) is 0 Å². The summed E-state index contributed by atoms with van der Waals surface area (Å²) in [7, 11) is 1.71. The summed E-state index contributed by atoms with van der Waals surface area (Å²) in [6.45, 7) is 2.07. The normalized spacial score (nSPS) is 10.8. The van der Waals surface area contributed by atoms with Crippen LogP contribution in [0.2, 0.25) is 0 Å². The first kappa shape index (κ1) is 14.2. The summed E-state index contributed by atoms with van der Waals surface area (Å²) >= 11 is 3.54. The van der Waals surface area contributed by atoms with Crippen molar-refractivity contribution in [2.24, 2.45) is 0 Å². The Balaban J connectivity index is 1.96. The van der Waals surface area contributed by atoms with Crippen LogP contribution in [0.1, 0.15) is 21.4 Å². The quantitative estimate of drug-likeness (QED) is 0.687. The van der Waals surface area contributed by atoms with Crippen molar-refractivity contribution in [1.29, 1.82) is 0 Å². The maximum Gasteiger partial charge on any atom is 0.142 e. The lowest BCUT2D eigenvalue weighted by molar-refractivity contribution is 0.416. The SMILES string of the molecule is COc1cc(C)ccc1NC(c1cccs1)c1cccs1. The highest BCUT2D eigenvalue weighted by molar-refractivity contribution is 7.11. The second-order valence-electron chi connectivity index (χ2n) is 4.81. The van der Waals surface area contributed by atoms with E-state index in [9.17, 15) is 0 Å². The Morgan fingerprint density at radius 2 is 1.67 bits per heavy atom. The minimum Gasteiger partial charge on any atom is -0.495 e. The lowest BCUT2D eigenvalue weighted by Crippen LogP contribution is -2.10. The molecule has 0 aliphatic heterocycles. The van der Waals surface area contributed by atoms with E-state index in [2.05, 4.69) is 65.5 Å². The number of aryl methyl sites for hydroxylation is 1. The van der Waals surface area contributed by atoms with E-state index in [4.69, 9.17) is 4.74 Å². The summed E-state index contributed by atoms with van der Waals surface area (Å²) < 4.78 is 5.51. The van der Waals surface area contributed by atoms with E-state index in [1.807, 2.05) is 0 Å². The van der Waals surface area contributed by atoms with E-state index < -0.39 is 0 Å². The van der Waals surface area contributed by atoms with E-state index in [-0.39, 0.29) is 6.04 Å². The molecule has 0 bridgehead atoms. The third-order valence-corrected chi connectivity index (χ3v) is 5.19. The van der Waals surface area contributed by atoms with Gasteiger partial charge in [0.05, 0.1) is 18.8 Å². The first-order chi connectivity index (χ1) is 10.3. The summed E-state index contributed by atoms with van der Waals surface area (Å²) in [5.74, 6) is 0.883. The van der Waals surface area contributed by atoms with E-state index in [1.54, 1.807) is 29.8 Å². The maximum atomic E-state index is 5.51. The van der Waals surface area contributed by atoms with Gasteiger partial charge in [-0.15, -0.1) is 22.7 Å². The minimum absolute atomic E-state index is 0.168. The van der Waals surface area contributed by atoms with Gasteiger partial charge in [-0.1, -0.05) is 18.2 Å². The Kier molecular flexibility index (Phi) is 4.27. The molecule has 0 spiro atoms. The zero-order valence-corrected chi connectivity index (χ0v) is 13.6. The Morgan fingerprint density at radius 3 is 2.19 bits per heavy atom. The largest absolute Gasteiger partial charge is 0.495 e. The molecular formula is C17H17NOS2. The van der Waals surface area contributed by atoms with Crippen LogP contribution in [-0.4, -0.2) is 7.11 Å². The number of benzene rings is 1. The molecule has 0 saturated heterocycles. The monoisotopic (exact) mass is 315 g/mol. The van der Waals surface area contributed by atoms with Crippen LogP contribution in [0.25, 0.3) is 0 Å². The zero-order chi connectivity index (χ0) is 14.7. The molecule has 1 aromatic carbocycles. The van der Waals surface area contributed by atoms with Crippen LogP contribution >= 0.6 is 22.7 Å². The number of anilines is 1. The van der Waals surface area contributed by atoms with E-state index in [0.717, 1.165) is 11.4 Å². The van der Waals surface area contributed by atoms with Gasteiger partial charge in [0.2, 0.25) is 0 Å². The van der Waals surface area contributed by atoms with Crippen molar-refractivity contribution >= 4 is 28.4 Å². The first-order valence-corrected chi connectivity index (χ1v) is 8.52. The van der Waals surface area contributed by atoms with Crippen molar-refractivity contribution in [2.45, 2.75) is 13.0 Å². The van der Waals surface area contributed by atoms with Gasteiger partial charge < -0.3 is 10.1 Å². The highest BCUT2D eigenvalue weighted by Crippen LogP contribution is 2.35. The predicted octanol–water partition coefficient (Wildman–Crippen LogP) is 5.33. The Hall–Kier alpha value is -1.78. The van der Waals surface area contributed by atoms with Crippen molar-refractivity contribution in [3.63, 3.8) is 0 Å². The van der Waals surface area contributed by atoms with E-state index >= 15 is 0 Å². The molecule has 2 heterocycles. The van der Waals surface area contributed by atoms with Gasteiger partial charge in [0, 0.05) is 9.75 Å². The first-order valence-electron chi connectivity index (χ1n) is 6.76. The molecule has 0 saturated carbocycles. The molecule has 0 atom stereocenters. The number of nitrogens with one attached hydrogen (secondary N) is 1. The number of methoxy groups -OCH3 is 1. The predicted molar refractivity (Wildman–Crippen MR) is 91.8 cm³/mol. The van der Waals surface area contributed by atoms with Gasteiger partial charge in [-0.05, 0) is 47.5 Å². The highest BCUT2D eigenvalue weighted by atomic mass is 32.1. The molecule has 1 N–H and O–H groups in total. The second-order valence-corrected chi connectivity index (χ2v) is 6.77. The number of rotatable bonds is 5. The lowest BCUT2D eigenvalue weighted by Gasteiger charge is -2.19. The summed E-state index contributed by atoms with van der Waals surface area (Å²) in [4.78, 5) is 2.61. The average molecular weight is 315 g/mol. The number of thiophene rings is 2. The second kappa shape index (κ2) is 6.33. The fourth-order valence-electron chi connectivity index (χ4n) is 2.27. The fourth-order valence-corrected chi connectivity index (χ4v) is 3.93. The molecule has 0 unspecified atom stereocenters. The van der Waals surface area contributed by atoms with Gasteiger partial charge in [-0.25, -0.2) is 0 Å². The molecule has 3 rings (SSSR count). The average Bonchev–Trinajstić information content (AvgIpc) is 3.19. The molecule has 3 aromatic rings. The molecule has 108 valence electrons. The third-order valence-electron chi connectivity index (χ3n) is 3.31. The van der Waals surface area contributed by atoms with Crippen molar-refractivity contribution < 1.29 is 4.74 Å². The van der Waals surface area contributed by atoms with Gasteiger partial charge in [-0.3, -0.25) is 0 Å². The smallest absolute Gasteiger partial charge is 0.142 e. The standard InChI is InChI=1S/C17H17NOS2/c1-12-7-8-13(14(11-12)19-2)18-17(15-5-3-9-20-15)16-6-4-10-21-16/h3-11,17-18H,1-2H3. The molecule has 0 amide bonds. The van der Waals surface area contributed by atoms with Crippen molar-refractivity contribution in [2.75, 3.05) is 12.4 Å². The Morgan fingerprint density at radius 1 is 1.00 bits per heavy atom. The molecule has 21 heavy (non-hydrogen) atoms. The lowest BCUT2D eigenvalue weighted by atomic mass is 10.1. The van der Waals surface area contributed by atoms with Crippen LogP contribution < -0.4 is 10.1 Å². The summed E-state index contributed by atoms with van der Waals surface area (Å²) in [5, 5.41) is 7.86. The Bertz CT molecular complexity index is 655. The van der Waals surface area contributed by atoms with Crippen LogP contribution in [-0.2, 0) is 0 Å². The molecule has 2 aromatic heterocycles. The van der Waals surface area contributed by atoms with Crippen LogP contribution in [0, 0.1) is 6.92 Å². The maximum absolute atomic E-state index is 5.51.